The molecule has 0 fully saturated rings. The van der Waals surface area contributed by atoms with Crippen molar-refractivity contribution in [2.24, 2.45) is 0 Å². The molecule has 0 saturated heterocycles. The monoisotopic (exact) mass is 738 g/mol. The van der Waals surface area contributed by atoms with Gasteiger partial charge in [0, 0.05) is 41.3 Å². The fourth-order valence-corrected chi connectivity index (χ4v) is 7.55. The molecule has 0 aliphatic rings. The molecule has 2 nitrogen and oxygen atoms in total. The van der Waals surface area contributed by atoms with Gasteiger partial charge in [-0.2, -0.15) is 11.3 Å². The van der Waals surface area contributed by atoms with Crippen LogP contribution in [0, 0.1) is 19.0 Å². The summed E-state index contributed by atoms with van der Waals surface area (Å²) in [5.41, 5.74) is 5.26. The number of pyridine rings is 2. The van der Waals surface area contributed by atoms with Crippen LogP contribution in [0.25, 0.3) is 42.7 Å². The third-order valence-electron chi connectivity index (χ3n) is 6.72. The van der Waals surface area contributed by atoms with Gasteiger partial charge in [-0.3, -0.25) is 0 Å². The minimum absolute atomic E-state index is 0. The summed E-state index contributed by atoms with van der Waals surface area (Å²) in [5, 5.41) is 4.34. The maximum absolute atomic E-state index is 7.23. The van der Waals surface area contributed by atoms with Crippen molar-refractivity contribution in [2.45, 2.75) is 46.3 Å². The minimum Gasteiger partial charge on any atom is -0.304 e. The van der Waals surface area contributed by atoms with Gasteiger partial charge < -0.3 is 9.97 Å². The van der Waals surface area contributed by atoms with Gasteiger partial charge in [-0.1, -0.05) is 80.5 Å². The third kappa shape index (κ3) is 6.50. The summed E-state index contributed by atoms with van der Waals surface area (Å²) in [6.07, 6.45) is 3.40. The first kappa shape index (κ1) is 26.0. The maximum Gasteiger partial charge on any atom is 0.0783 e. The zero-order valence-corrected chi connectivity index (χ0v) is 27.6. The zero-order chi connectivity index (χ0) is 30.1. The van der Waals surface area contributed by atoms with Crippen molar-refractivity contribution < 1.29 is 24.2 Å². The summed E-state index contributed by atoms with van der Waals surface area (Å²) >= 11 is 1.87. The summed E-state index contributed by atoms with van der Waals surface area (Å²) < 4.78 is 24.4. The Kier molecular flexibility index (Phi) is 8.25. The molecular formula is C35H34IrN2SSi-2. The van der Waals surface area contributed by atoms with E-state index < -0.39 is 14.9 Å². The Bertz CT molecular complexity index is 1810. The first-order chi connectivity index (χ1) is 19.9. The smallest absolute Gasteiger partial charge is 0.0783 e. The molecule has 0 aliphatic carbocycles. The van der Waals surface area contributed by atoms with E-state index in [-0.39, 0.29) is 25.7 Å². The summed E-state index contributed by atoms with van der Waals surface area (Å²) in [6.45, 7) is 9.58. The van der Waals surface area contributed by atoms with Gasteiger partial charge in [-0.05, 0) is 51.4 Å². The van der Waals surface area contributed by atoms with Crippen LogP contribution >= 0.6 is 11.3 Å². The molecule has 0 unspecified atom stereocenters. The second-order valence-electron chi connectivity index (χ2n) is 11.0. The average molecular weight is 738 g/mol. The Morgan fingerprint density at radius 3 is 2.25 bits per heavy atom. The van der Waals surface area contributed by atoms with Gasteiger partial charge in [0.25, 0.3) is 0 Å². The molecule has 5 heteroatoms. The molecule has 0 atom stereocenters. The van der Waals surface area contributed by atoms with Crippen molar-refractivity contribution in [3.8, 4) is 22.5 Å². The van der Waals surface area contributed by atoms with Crippen LogP contribution in [0.15, 0.2) is 91.3 Å². The average Bonchev–Trinajstić information content (AvgIpc) is 3.36. The number of benzene rings is 3. The largest absolute Gasteiger partial charge is 0.304 e. The van der Waals surface area contributed by atoms with Crippen molar-refractivity contribution in [1.29, 1.82) is 0 Å². The van der Waals surface area contributed by atoms with Crippen LogP contribution in [0.4, 0.5) is 0 Å². The second-order valence-corrected chi connectivity index (χ2v) is 17.1. The van der Waals surface area contributed by atoms with Gasteiger partial charge in [0.2, 0.25) is 0 Å². The Morgan fingerprint density at radius 1 is 0.825 bits per heavy atom. The van der Waals surface area contributed by atoms with Crippen molar-refractivity contribution in [2.75, 3.05) is 0 Å². The van der Waals surface area contributed by atoms with Crippen LogP contribution in [-0.2, 0) is 20.1 Å². The van der Waals surface area contributed by atoms with Crippen LogP contribution in [0.3, 0.4) is 0 Å². The number of rotatable bonds is 4. The van der Waals surface area contributed by atoms with Gasteiger partial charge in [0.1, 0.15) is 0 Å². The molecule has 1 radical (unpaired) electrons. The molecule has 205 valence electrons. The van der Waals surface area contributed by atoms with Gasteiger partial charge in [0.15, 0.2) is 0 Å². The fraction of sp³-hybridized carbons (Fsp3) is 0.200. The first-order valence-electron chi connectivity index (χ1n) is 14.7. The number of hydrogen-bond donors (Lipinski definition) is 0. The van der Waals surface area contributed by atoms with Crippen molar-refractivity contribution in [1.82, 2.24) is 9.97 Å². The zero-order valence-electron chi connectivity index (χ0n) is 26.4. The summed E-state index contributed by atoms with van der Waals surface area (Å²) in [7, 11) is -1.41. The first-order valence-corrected chi connectivity index (χ1v) is 17.5. The predicted octanol–water partition coefficient (Wildman–Crippen LogP) is 9.44. The molecule has 6 aromatic rings. The van der Waals surface area contributed by atoms with E-state index in [1.165, 1.54) is 31.9 Å². The van der Waals surface area contributed by atoms with Crippen LogP contribution in [0.2, 0.25) is 19.6 Å². The Labute approximate surface area is 261 Å². The fourth-order valence-electron chi connectivity index (χ4n) is 4.61. The van der Waals surface area contributed by atoms with E-state index in [0.29, 0.717) is 5.92 Å². The van der Waals surface area contributed by atoms with Gasteiger partial charge in [-0.15, -0.1) is 59.7 Å². The van der Waals surface area contributed by atoms with Crippen LogP contribution in [0.1, 0.15) is 35.0 Å². The van der Waals surface area contributed by atoms with Crippen LogP contribution < -0.4 is 5.19 Å². The van der Waals surface area contributed by atoms with Crippen LogP contribution in [0.5, 0.6) is 0 Å². The molecule has 0 aliphatic heterocycles. The van der Waals surface area contributed by atoms with Crippen molar-refractivity contribution in [3.05, 3.63) is 115 Å². The molecule has 40 heavy (non-hydrogen) atoms. The van der Waals surface area contributed by atoms with E-state index in [9.17, 15) is 0 Å². The molecule has 0 bridgehead atoms. The van der Waals surface area contributed by atoms with E-state index in [2.05, 4.69) is 93.1 Å². The number of thiophene rings is 1. The summed E-state index contributed by atoms with van der Waals surface area (Å²) in [5.74, 6) is 0.500. The molecule has 0 spiro atoms. The number of nitrogens with zero attached hydrogens (tertiary/aromatic N) is 2. The molecule has 3 aromatic heterocycles. The summed E-state index contributed by atoms with van der Waals surface area (Å²) in [6, 6.07) is 32.6. The topological polar surface area (TPSA) is 25.8 Å². The van der Waals surface area contributed by atoms with E-state index in [4.69, 9.17) is 9.10 Å². The predicted molar refractivity (Wildman–Crippen MR) is 172 cm³/mol. The van der Waals surface area contributed by atoms with Crippen molar-refractivity contribution in [3.63, 3.8) is 0 Å². The molecule has 3 heterocycles. The third-order valence-corrected chi connectivity index (χ3v) is 9.94. The number of aromatic nitrogens is 2. The molecular weight excluding hydrogens is 701 g/mol. The molecule has 0 amide bonds. The van der Waals surface area contributed by atoms with E-state index in [0.717, 1.165) is 22.5 Å². The standard InChI is InChI=1S/C23H24NSSi.C12H10N.Ir/c1-15(2)16-12-13-19(24-14-16)17-8-6-9-18-22-20(25-23(17)18)10-7-11-21(22)26(3,4)5;1-10-7-8-12(13-9-10)11-5-3-2-4-6-11;/h6-7,9-15H,1-5H3;2-5,7-9H,1H3;/q2*-1;/i;1D3;. The Morgan fingerprint density at radius 2 is 1.62 bits per heavy atom. The van der Waals surface area contributed by atoms with Gasteiger partial charge >= 0.3 is 0 Å². The number of aryl methyl sites for hydroxylation is 1. The SMILES string of the molecule is CC(C)c1ccc(-c2[c-]ccc3c2sc2cccc([Si](C)(C)C)c23)nc1.[2H]C([2H])([2H])c1ccc(-c2[c-]cccc2)nc1.[Ir]. The molecule has 0 saturated carbocycles. The minimum atomic E-state index is -2.09. The maximum atomic E-state index is 7.23. The van der Waals surface area contributed by atoms with E-state index >= 15 is 0 Å². The van der Waals surface area contributed by atoms with Gasteiger partial charge in [-0.25, -0.2) is 0 Å². The van der Waals surface area contributed by atoms with Crippen molar-refractivity contribution >= 4 is 44.8 Å². The van der Waals surface area contributed by atoms with Crippen LogP contribution in [-0.4, -0.2) is 18.0 Å². The number of fused-ring (bicyclic) bond motifs is 3. The van der Waals surface area contributed by atoms with Gasteiger partial charge in [0.05, 0.1) is 8.07 Å². The normalized spacial score (nSPS) is 12.7. The van der Waals surface area contributed by atoms with E-state index in [1.807, 2.05) is 35.7 Å². The quantitative estimate of drug-likeness (QED) is 0.133. The summed E-state index contributed by atoms with van der Waals surface area (Å²) in [4.78, 5) is 8.87. The molecule has 0 N–H and O–H groups in total. The second kappa shape index (κ2) is 12.7. The Balaban J connectivity index is 0.000000215. The Hall–Kier alpha value is -2.95. The molecule has 6 rings (SSSR count). The number of hydrogen-bond acceptors (Lipinski definition) is 3. The molecule has 3 aromatic carbocycles. The van der Waals surface area contributed by atoms with E-state index in [1.54, 1.807) is 23.4 Å².